The normalized spacial score (nSPS) is 30.6. The van der Waals surface area contributed by atoms with Gasteiger partial charge in [-0.1, -0.05) is 0 Å². The van der Waals surface area contributed by atoms with Crippen LogP contribution in [-0.2, 0) is 4.74 Å². The summed E-state index contributed by atoms with van der Waals surface area (Å²) < 4.78 is 6.36. The van der Waals surface area contributed by atoms with Crippen molar-refractivity contribution in [3.63, 3.8) is 0 Å². The van der Waals surface area contributed by atoms with E-state index in [1.54, 1.807) is 25.1 Å². The molecule has 1 fully saturated rings. The molecule has 0 saturated carbocycles. The molecule has 0 radical (unpaired) electrons. The van der Waals surface area contributed by atoms with Gasteiger partial charge in [0.1, 0.15) is 24.1 Å². The molecule has 1 aromatic heterocycles. The number of anilines is 1. The van der Waals surface area contributed by atoms with Gasteiger partial charge in [-0.05, 0) is 6.07 Å². The number of hydrogen-bond donors (Lipinski definition) is 3. The molecule has 8 nitrogen and oxygen atoms in total. The van der Waals surface area contributed by atoms with Gasteiger partial charge in [0.15, 0.2) is 6.23 Å². The van der Waals surface area contributed by atoms with Gasteiger partial charge in [0.2, 0.25) is 0 Å². The fourth-order valence-corrected chi connectivity index (χ4v) is 1.96. The van der Waals surface area contributed by atoms with Crippen LogP contribution >= 0.6 is 0 Å². The Bertz CT molecular complexity index is 503. The molecule has 1 aliphatic rings. The van der Waals surface area contributed by atoms with Crippen LogP contribution in [0.3, 0.4) is 0 Å². The summed E-state index contributed by atoms with van der Waals surface area (Å²) in [5.41, 5.74) is -0.596. The van der Waals surface area contributed by atoms with Crippen LogP contribution in [0.5, 0.6) is 0 Å². The van der Waals surface area contributed by atoms with Crippen molar-refractivity contribution in [3.8, 4) is 0 Å². The molecule has 106 valence electrons. The van der Waals surface area contributed by atoms with Gasteiger partial charge in [-0.3, -0.25) is 4.57 Å². The third-order valence-electron chi connectivity index (χ3n) is 3.06. The van der Waals surface area contributed by atoms with Crippen molar-refractivity contribution in [2.24, 2.45) is 0 Å². The Morgan fingerprint density at radius 3 is 2.58 bits per heavy atom. The molecule has 8 heteroatoms. The highest BCUT2D eigenvalue weighted by Crippen LogP contribution is 2.28. The maximum Gasteiger partial charge on any atom is 0.351 e. The topological polar surface area (TPSA) is 108 Å². The van der Waals surface area contributed by atoms with E-state index in [2.05, 4.69) is 4.98 Å². The summed E-state index contributed by atoms with van der Waals surface area (Å²) in [4.78, 5) is 17.4. The van der Waals surface area contributed by atoms with Crippen molar-refractivity contribution < 1.29 is 20.1 Å². The highest BCUT2D eigenvalue weighted by Gasteiger charge is 2.43. The summed E-state index contributed by atoms with van der Waals surface area (Å²) in [6.45, 7) is -0.438. The third kappa shape index (κ3) is 2.47. The van der Waals surface area contributed by atoms with E-state index in [1.807, 2.05) is 0 Å². The third-order valence-corrected chi connectivity index (χ3v) is 3.06. The van der Waals surface area contributed by atoms with Crippen LogP contribution in [0.4, 0.5) is 5.82 Å². The maximum atomic E-state index is 11.9. The van der Waals surface area contributed by atoms with Crippen molar-refractivity contribution in [1.82, 2.24) is 9.55 Å². The molecule has 1 aliphatic heterocycles. The molecule has 4 atom stereocenters. The van der Waals surface area contributed by atoms with Gasteiger partial charge in [0, 0.05) is 20.3 Å². The summed E-state index contributed by atoms with van der Waals surface area (Å²) in [6.07, 6.45) is -3.06. The second-order valence-electron chi connectivity index (χ2n) is 4.60. The minimum Gasteiger partial charge on any atom is -0.394 e. The number of aliphatic hydroxyl groups excluding tert-OH is 3. The fraction of sp³-hybridized carbons (Fsp3) is 0.636. The second kappa shape index (κ2) is 5.25. The lowest BCUT2D eigenvalue weighted by atomic mass is 10.1. The Hall–Kier alpha value is -1.48. The van der Waals surface area contributed by atoms with Gasteiger partial charge >= 0.3 is 5.69 Å². The Balaban J connectivity index is 2.31. The lowest BCUT2D eigenvalue weighted by Crippen LogP contribution is -2.36. The smallest absolute Gasteiger partial charge is 0.351 e. The molecular formula is C11H17N3O5. The van der Waals surface area contributed by atoms with Gasteiger partial charge < -0.3 is 25.0 Å². The number of hydrogen-bond acceptors (Lipinski definition) is 7. The Labute approximate surface area is 109 Å². The lowest BCUT2D eigenvalue weighted by molar-refractivity contribution is -0.0549. The monoisotopic (exact) mass is 271 g/mol. The van der Waals surface area contributed by atoms with E-state index < -0.39 is 36.8 Å². The molecule has 1 saturated heterocycles. The molecule has 0 spiro atoms. The highest BCUT2D eigenvalue weighted by atomic mass is 16.6. The zero-order valence-corrected chi connectivity index (χ0v) is 10.7. The molecule has 1 unspecified atom stereocenters. The molecule has 0 bridgehead atoms. The average Bonchev–Trinajstić information content (AvgIpc) is 2.66. The molecule has 19 heavy (non-hydrogen) atoms. The van der Waals surface area contributed by atoms with Crippen molar-refractivity contribution >= 4 is 5.82 Å². The second-order valence-corrected chi connectivity index (χ2v) is 4.60. The molecule has 2 heterocycles. The minimum atomic E-state index is -1.29. The summed E-state index contributed by atoms with van der Waals surface area (Å²) in [6, 6.07) is 1.59. The number of rotatable bonds is 3. The van der Waals surface area contributed by atoms with Crippen LogP contribution in [-0.4, -0.2) is 63.9 Å². The van der Waals surface area contributed by atoms with E-state index in [-0.39, 0.29) is 0 Å². The van der Waals surface area contributed by atoms with E-state index >= 15 is 0 Å². The SMILES string of the molecule is CN(C)c1ccn([C@@H]2O[C@H](CO)C(O)[C@H]2O)c(=O)n1. The standard InChI is InChI=1S/C11H17N3O5/c1-13(2)7-3-4-14(11(18)12-7)10-9(17)8(16)6(5-15)19-10/h3-4,6,8-10,15-17H,5H2,1-2H3/t6-,8?,9-,10-/m1/s1. The summed E-state index contributed by atoms with van der Waals surface area (Å²) in [5, 5.41) is 28.5. The van der Waals surface area contributed by atoms with Crippen LogP contribution in [0.15, 0.2) is 17.1 Å². The largest absolute Gasteiger partial charge is 0.394 e. The molecule has 0 aliphatic carbocycles. The van der Waals surface area contributed by atoms with Crippen LogP contribution < -0.4 is 10.6 Å². The first-order chi connectivity index (χ1) is 8.95. The number of aliphatic hydroxyl groups is 3. The average molecular weight is 271 g/mol. The Morgan fingerprint density at radius 2 is 2.11 bits per heavy atom. The van der Waals surface area contributed by atoms with E-state index in [9.17, 15) is 15.0 Å². The Kier molecular flexibility index (Phi) is 3.85. The predicted octanol–water partition coefficient (Wildman–Crippen LogP) is -2.08. The predicted molar refractivity (Wildman–Crippen MR) is 65.8 cm³/mol. The summed E-state index contributed by atoms with van der Waals surface area (Å²) in [7, 11) is 3.50. The first-order valence-corrected chi connectivity index (χ1v) is 5.84. The van der Waals surface area contributed by atoms with Crippen LogP contribution in [0.25, 0.3) is 0 Å². The van der Waals surface area contributed by atoms with Crippen LogP contribution in [0, 0.1) is 0 Å². The van der Waals surface area contributed by atoms with Crippen LogP contribution in [0.1, 0.15) is 6.23 Å². The lowest BCUT2D eigenvalue weighted by Gasteiger charge is -2.18. The first kappa shape index (κ1) is 13.9. The Morgan fingerprint density at radius 1 is 1.42 bits per heavy atom. The molecule has 2 rings (SSSR count). The summed E-state index contributed by atoms with van der Waals surface area (Å²) >= 11 is 0. The van der Waals surface area contributed by atoms with Crippen molar-refractivity contribution in [2.45, 2.75) is 24.5 Å². The maximum absolute atomic E-state index is 11.9. The fourth-order valence-electron chi connectivity index (χ4n) is 1.96. The molecular weight excluding hydrogens is 254 g/mol. The zero-order chi connectivity index (χ0) is 14.2. The van der Waals surface area contributed by atoms with Gasteiger partial charge in [-0.15, -0.1) is 0 Å². The quantitative estimate of drug-likeness (QED) is 0.579. The minimum absolute atomic E-state index is 0.438. The van der Waals surface area contributed by atoms with E-state index in [0.29, 0.717) is 5.82 Å². The van der Waals surface area contributed by atoms with Gasteiger partial charge in [0.05, 0.1) is 6.61 Å². The first-order valence-electron chi connectivity index (χ1n) is 5.84. The molecule has 0 amide bonds. The van der Waals surface area contributed by atoms with Crippen LogP contribution in [0.2, 0.25) is 0 Å². The van der Waals surface area contributed by atoms with Gasteiger partial charge in [-0.2, -0.15) is 4.98 Å². The molecule has 3 N–H and O–H groups in total. The van der Waals surface area contributed by atoms with Crippen molar-refractivity contribution in [2.75, 3.05) is 25.6 Å². The molecule has 1 aromatic rings. The van der Waals surface area contributed by atoms with E-state index in [0.717, 1.165) is 4.57 Å². The van der Waals surface area contributed by atoms with E-state index in [1.165, 1.54) is 6.20 Å². The van der Waals surface area contributed by atoms with Crippen molar-refractivity contribution in [3.05, 3.63) is 22.7 Å². The van der Waals surface area contributed by atoms with Gasteiger partial charge in [-0.25, -0.2) is 4.79 Å². The van der Waals surface area contributed by atoms with E-state index in [4.69, 9.17) is 9.84 Å². The summed E-state index contributed by atoms with van der Waals surface area (Å²) in [5.74, 6) is 0.480. The number of nitrogens with zero attached hydrogens (tertiary/aromatic N) is 3. The zero-order valence-electron chi connectivity index (χ0n) is 10.7. The number of aromatic nitrogens is 2. The molecule has 0 aromatic carbocycles. The van der Waals surface area contributed by atoms with Gasteiger partial charge in [0.25, 0.3) is 0 Å². The highest BCUT2D eigenvalue weighted by molar-refractivity contribution is 5.33. The van der Waals surface area contributed by atoms with Crippen molar-refractivity contribution in [1.29, 1.82) is 0 Å². The number of ether oxygens (including phenoxy) is 1.